The fraction of sp³-hybridized carbons (Fsp3) is 0.938. The highest BCUT2D eigenvalue weighted by atomic mass is 32.2. The van der Waals surface area contributed by atoms with Crippen LogP contribution in [0.1, 0.15) is 51.9 Å². The van der Waals surface area contributed by atoms with Crippen LogP contribution in [-0.4, -0.2) is 56.6 Å². The van der Waals surface area contributed by atoms with Gasteiger partial charge in [-0.25, -0.2) is 13.1 Å². The first-order valence-corrected chi connectivity index (χ1v) is 10.6. The van der Waals surface area contributed by atoms with E-state index in [1.807, 2.05) is 0 Å². The highest BCUT2D eigenvalue weighted by Gasteiger charge is 2.33. The summed E-state index contributed by atoms with van der Waals surface area (Å²) < 4.78 is 31.2. The smallest absolute Gasteiger partial charge is 0.223 e. The van der Waals surface area contributed by atoms with Gasteiger partial charge in [0.15, 0.2) is 0 Å². The van der Waals surface area contributed by atoms with E-state index in [1.165, 1.54) is 0 Å². The summed E-state index contributed by atoms with van der Waals surface area (Å²) in [4.78, 5) is 12.2. The standard InChI is InChI=1S/C16H30N2O5S/c1-2-24(21,22)17-10-9-13-7-8-14(15(11-19)23-13)18-16(20)12-5-3-4-6-12/h12-15,17,19H,2-11H2,1H3,(H,18,20)/t13-,14+,15-/m1/s1. The maximum atomic E-state index is 12.2. The van der Waals surface area contributed by atoms with Crippen LogP contribution in [0.25, 0.3) is 0 Å². The van der Waals surface area contributed by atoms with Crippen molar-refractivity contribution in [2.24, 2.45) is 5.92 Å². The first kappa shape index (κ1) is 19.6. The van der Waals surface area contributed by atoms with E-state index in [0.29, 0.717) is 13.0 Å². The van der Waals surface area contributed by atoms with Gasteiger partial charge < -0.3 is 15.2 Å². The molecule has 1 aliphatic carbocycles. The van der Waals surface area contributed by atoms with E-state index in [2.05, 4.69) is 10.0 Å². The molecule has 0 radical (unpaired) electrons. The molecule has 0 bridgehead atoms. The Kier molecular flexibility index (Phi) is 7.46. The number of nitrogens with one attached hydrogen (secondary N) is 2. The summed E-state index contributed by atoms with van der Waals surface area (Å²) in [5.74, 6) is 0.242. The summed E-state index contributed by atoms with van der Waals surface area (Å²) in [7, 11) is -3.19. The number of hydrogen-bond acceptors (Lipinski definition) is 5. The number of aliphatic hydroxyl groups excluding tert-OH is 1. The molecule has 0 aromatic rings. The Bertz CT molecular complexity index is 505. The molecular weight excluding hydrogens is 332 g/mol. The van der Waals surface area contributed by atoms with Gasteiger partial charge in [-0.05, 0) is 39.0 Å². The second kappa shape index (κ2) is 9.12. The van der Waals surface area contributed by atoms with Crippen LogP contribution in [0.5, 0.6) is 0 Å². The van der Waals surface area contributed by atoms with Gasteiger partial charge in [0.1, 0.15) is 6.10 Å². The molecule has 1 amide bonds. The summed E-state index contributed by atoms with van der Waals surface area (Å²) in [5.41, 5.74) is 0. The molecule has 2 fully saturated rings. The Hall–Kier alpha value is -0.700. The van der Waals surface area contributed by atoms with Crippen LogP contribution in [-0.2, 0) is 19.6 Å². The minimum atomic E-state index is -3.19. The fourth-order valence-electron chi connectivity index (χ4n) is 3.48. The highest BCUT2D eigenvalue weighted by Crippen LogP contribution is 2.26. The van der Waals surface area contributed by atoms with E-state index in [4.69, 9.17) is 4.74 Å². The molecular formula is C16H30N2O5S. The van der Waals surface area contributed by atoms with Crippen molar-refractivity contribution in [1.29, 1.82) is 0 Å². The van der Waals surface area contributed by atoms with Crippen LogP contribution in [0, 0.1) is 5.92 Å². The van der Waals surface area contributed by atoms with Crippen LogP contribution < -0.4 is 10.0 Å². The Morgan fingerprint density at radius 1 is 1.21 bits per heavy atom. The number of aliphatic hydroxyl groups is 1. The molecule has 1 heterocycles. The quantitative estimate of drug-likeness (QED) is 0.584. The molecule has 0 unspecified atom stereocenters. The molecule has 140 valence electrons. The second-order valence-corrected chi connectivity index (χ2v) is 8.83. The van der Waals surface area contributed by atoms with Gasteiger partial charge in [0.05, 0.1) is 24.5 Å². The minimum absolute atomic E-state index is 0.0626. The molecule has 3 N–H and O–H groups in total. The predicted molar refractivity (Wildman–Crippen MR) is 91.0 cm³/mol. The summed E-state index contributed by atoms with van der Waals surface area (Å²) in [6.07, 6.45) is 5.66. The molecule has 0 spiro atoms. The van der Waals surface area contributed by atoms with Crippen molar-refractivity contribution < 1.29 is 23.1 Å². The summed E-state index contributed by atoms with van der Waals surface area (Å²) >= 11 is 0. The lowest BCUT2D eigenvalue weighted by Gasteiger charge is -2.36. The van der Waals surface area contributed by atoms with Crippen molar-refractivity contribution >= 4 is 15.9 Å². The van der Waals surface area contributed by atoms with Gasteiger partial charge in [-0.2, -0.15) is 0 Å². The van der Waals surface area contributed by atoms with E-state index in [-0.39, 0.29) is 36.3 Å². The number of sulfonamides is 1. The average molecular weight is 362 g/mol. The molecule has 1 aliphatic heterocycles. The summed E-state index contributed by atoms with van der Waals surface area (Å²) in [6, 6.07) is -0.160. The van der Waals surface area contributed by atoms with Crippen molar-refractivity contribution in [2.75, 3.05) is 18.9 Å². The van der Waals surface area contributed by atoms with Crippen molar-refractivity contribution in [2.45, 2.75) is 70.1 Å². The van der Waals surface area contributed by atoms with Gasteiger partial charge in [-0.15, -0.1) is 0 Å². The van der Waals surface area contributed by atoms with Crippen LogP contribution in [0.15, 0.2) is 0 Å². The van der Waals surface area contributed by atoms with Gasteiger partial charge in [-0.3, -0.25) is 4.79 Å². The van der Waals surface area contributed by atoms with E-state index >= 15 is 0 Å². The fourth-order valence-corrected chi connectivity index (χ4v) is 4.11. The SMILES string of the molecule is CCS(=O)(=O)NCC[C@H]1CC[C@H](NC(=O)C2CCCC2)[C@@H](CO)O1. The van der Waals surface area contributed by atoms with Crippen molar-refractivity contribution in [3.05, 3.63) is 0 Å². The molecule has 24 heavy (non-hydrogen) atoms. The average Bonchev–Trinajstić information content (AvgIpc) is 3.10. The zero-order chi connectivity index (χ0) is 17.6. The van der Waals surface area contributed by atoms with E-state index in [0.717, 1.165) is 38.5 Å². The molecule has 1 saturated carbocycles. The Morgan fingerprint density at radius 2 is 1.92 bits per heavy atom. The lowest BCUT2D eigenvalue weighted by atomic mass is 9.96. The third kappa shape index (κ3) is 5.68. The predicted octanol–water partition coefficient (Wildman–Crippen LogP) is 0.531. The number of amides is 1. The van der Waals surface area contributed by atoms with E-state index < -0.39 is 16.1 Å². The molecule has 3 atom stereocenters. The molecule has 7 nitrogen and oxygen atoms in total. The number of carbonyl (C=O) groups excluding carboxylic acids is 1. The van der Waals surface area contributed by atoms with Crippen LogP contribution >= 0.6 is 0 Å². The monoisotopic (exact) mass is 362 g/mol. The van der Waals surface area contributed by atoms with Crippen molar-refractivity contribution in [3.63, 3.8) is 0 Å². The van der Waals surface area contributed by atoms with Gasteiger partial charge >= 0.3 is 0 Å². The Labute approximate surface area is 144 Å². The zero-order valence-electron chi connectivity index (χ0n) is 14.4. The van der Waals surface area contributed by atoms with Crippen molar-refractivity contribution in [1.82, 2.24) is 10.0 Å². The Morgan fingerprint density at radius 3 is 2.54 bits per heavy atom. The minimum Gasteiger partial charge on any atom is -0.394 e. The van der Waals surface area contributed by atoms with E-state index in [9.17, 15) is 18.3 Å². The van der Waals surface area contributed by atoms with Gasteiger partial charge in [0.25, 0.3) is 0 Å². The van der Waals surface area contributed by atoms with Gasteiger partial charge in [0, 0.05) is 12.5 Å². The first-order valence-electron chi connectivity index (χ1n) is 8.99. The normalized spacial score (nSPS) is 28.8. The third-order valence-electron chi connectivity index (χ3n) is 5.02. The maximum absolute atomic E-state index is 12.2. The molecule has 0 aromatic carbocycles. The second-order valence-electron chi connectivity index (χ2n) is 6.74. The lowest BCUT2D eigenvalue weighted by molar-refractivity contribution is -0.131. The number of ether oxygens (including phenoxy) is 1. The van der Waals surface area contributed by atoms with Crippen molar-refractivity contribution in [3.8, 4) is 0 Å². The molecule has 2 aliphatic rings. The highest BCUT2D eigenvalue weighted by molar-refractivity contribution is 7.89. The van der Waals surface area contributed by atoms with Crippen LogP contribution in [0.2, 0.25) is 0 Å². The maximum Gasteiger partial charge on any atom is 0.223 e. The Balaban J connectivity index is 1.77. The van der Waals surface area contributed by atoms with Crippen LogP contribution in [0.3, 0.4) is 0 Å². The third-order valence-corrected chi connectivity index (χ3v) is 6.42. The lowest BCUT2D eigenvalue weighted by Crippen LogP contribution is -2.52. The zero-order valence-corrected chi connectivity index (χ0v) is 15.2. The molecule has 8 heteroatoms. The molecule has 2 rings (SSSR count). The molecule has 0 aromatic heterocycles. The molecule has 1 saturated heterocycles. The number of hydrogen-bond donors (Lipinski definition) is 3. The topological polar surface area (TPSA) is 105 Å². The first-order chi connectivity index (χ1) is 11.4. The van der Waals surface area contributed by atoms with E-state index in [1.54, 1.807) is 6.92 Å². The van der Waals surface area contributed by atoms with Gasteiger partial charge in [0.2, 0.25) is 15.9 Å². The summed E-state index contributed by atoms with van der Waals surface area (Å²) in [5, 5.41) is 12.6. The largest absolute Gasteiger partial charge is 0.394 e. The summed E-state index contributed by atoms with van der Waals surface area (Å²) in [6.45, 7) is 1.78. The number of rotatable bonds is 8. The van der Waals surface area contributed by atoms with Crippen LogP contribution in [0.4, 0.5) is 0 Å². The number of carbonyl (C=O) groups is 1. The van der Waals surface area contributed by atoms with Gasteiger partial charge in [-0.1, -0.05) is 12.8 Å².